The molecule has 1 amide bonds. The number of imidazole rings is 1. The average molecular weight is 236 g/mol. The molecule has 0 saturated heterocycles. The molecule has 0 unspecified atom stereocenters. The number of hydrogen-bond donors (Lipinski definition) is 2. The lowest BCUT2D eigenvalue weighted by atomic mass is 9.81. The maximum Gasteiger partial charge on any atom is 0.242 e. The summed E-state index contributed by atoms with van der Waals surface area (Å²) in [6.07, 6.45) is 8.34. The highest BCUT2D eigenvalue weighted by Gasteiger charge is 2.37. The highest BCUT2D eigenvalue weighted by Crippen LogP contribution is 2.27. The number of nitrogens with one attached hydrogen (secondary N) is 1. The third-order valence-electron chi connectivity index (χ3n) is 3.46. The largest absolute Gasteiger partial charge is 0.347 e. The van der Waals surface area contributed by atoms with Gasteiger partial charge < -0.3 is 15.6 Å². The highest BCUT2D eigenvalue weighted by atomic mass is 16.2. The summed E-state index contributed by atoms with van der Waals surface area (Å²) in [6.45, 7) is 0.491. The molecule has 1 aliphatic rings. The fourth-order valence-corrected chi connectivity index (χ4v) is 2.46. The van der Waals surface area contributed by atoms with Crippen LogP contribution in [0.3, 0.4) is 0 Å². The number of hydrogen-bond acceptors (Lipinski definition) is 3. The molecule has 0 bridgehead atoms. The standard InChI is InChI=1S/C12H20N4O/c1-16(9-10-14-7-8-15-10)11(17)12(13)5-3-2-4-6-12/h7-8H,2-6,9,13H2,1H3,(H,14,15). The van der Waals surface area contributed by atoms with Crippen LogP contribution in [-0.2, 0) is 11.3 Å². The second-order valence-electron chi connectivity index (χ2n) is 4.91. The van der Waals surface area contributed by atoms with E-state index in [1.54, 1.807) is 24.3 Å². The molecule has 1 heterocycles. The topological polar surface area (TPSA) is 75.0 Å². The van der Waals surface area contributed by atoms with E-state index in [0.29, 0.717) is 6.54 Å². The Kier molecular flexibility index (Phi) is 3.47. The van der Waals surface area contributed by atoms with Gasteiger partial charge in [-0.3, -0.25) is 4.79 Å². The Balaban J connectivity index is 1.98. The summed E-state index contributed by atoms with van der Waals surface area (Å²) in [5.41, 5.74) is 5.56. The van der Waals surface area contributed by atoms with E-state index in [2.05, 4.69) is 9.97 Å². The van der Waals surface area contributed by atoms with Crippen LogP contribution in [-0.4, -0.2) is 33.4 Å². The molecule has 5 heteroatoms. The summed E-state index contributed by atoms with van der Waals surface area (Å²) in [6, 6.07) is 0. The molecular formula is C12H20N4O. The first-order valence-electron chi connectivity index (χ1n) is 6.14. The molecule has 0 aromatic carbocycles. The van der Waals surface area contributed by atoms with Crippen LogP contribution in [0.5, 0.6) is 0 Å². The van der Waals surface area contributed by atoms with Gasteiger partial charge in [0.25, 0.3) is 0 Å². The Morgan fingerprint density at radius 1 is 1.53 bits per heavy atom. The van der Waals surface area contributed by atoms with Gasteiger partial charge in [-0.2, -0.15) is 0 Å². The first-order valence-corrected chi connectivity index (χ1v) is 6.14. The van der Waals surface area contributed by atoms with Crippen LogP contribution in [0.1, 0.15) is 37.9 Å². The van der Waals surface area contributed by atoms with Gasteiger partial charge >= 0.3 is 0 Å². The predicted octanol–water partition coefficient (Wildman–Crippen LogP) is 1.03. The van der Waals surface area contributed by atoms with Crippen molar-refractivity contribution in [2.45, 2.75) is 44.2 Å². The van der Waals surface area contributed by atoms with E-state index >= 15 is 0 Å². The Morgan fingerprint density at radius 3 is 2.82 bits per heavy atom. The first-order chi connectivity index (χ1) is 8.12. The molecule has 0 radical (unpaired) electrons. The van der Waals surface area contributed by atoms with Crippen LogP contribution in [0, 0.1) is 0 Å². The highest BCUT2D eigenvalue weighted by molar-refractivity contribution is 5.85. The van der Waals surface area contributed by atoms with E-state index in [4.69, 9.17) is 5.73 Å². The zero-order valence-electron chi connectivity index (χ0n) is 10.3. The minimum absolute atomic E-state index is 0.0357. The number of nitrogens with two attached hydrogens (primary N) is 1. The minimum atomic E-state index is -0.653. The maximum absolute atomic E-state index is 12.3. The summed E-state index contributed by atoms with van der Waals surface area (Å²) in [5, 5.41) is 0. The van der Waals surface area contributed by atoms with Crippen molar-refractivity contribution < 1.29 is 4.79 Å². The fraction of sp³-hybridized carbons (Fsp3) is 0.667. The van der Waals surface area contributed by atoms with Gasteiger partial charge in [-0.05, 0) is 12.8 Å². The minimum Gasteiger partial charge on any atom is -0.347 e. The van der Waals surface area contributed by atoms with E-state index in [1.165, 1.54) is 6.42 Å². The number of likely N-dealkylation sites (N-methyl/N-ethyl adjacent to an activating group) is 1. The second-order valence-corrected chi connectivity index (χ2v) is 4.91. The van der Waals surface area contributed by atoms with Crippen molar-refractivity contribution in [1.82, 2.24) is 14.9 Å². The molecule has 3 N–H and O–H groups in total. The van der Waals surface area contributed by atoms with Crippen molar-refractivity contribution in [2.24, 2.45) is 5.73 Å². The SMILES string of the molecule is CN(Cc1ncc[nH]1)C(=O)C1(N)CCCCC1. The summed E-state index contributed by atoms with van der Waals surface area (Å²) in [5.74, 6) is 0.828. The molecule has 1 aliphatic carbocycles. The molecular weight excluding hydrogens is 216 g/mol. The van der Waals surface area contributed by atoms with Gasteiger partial charge in [-0.15, -0.1) is 0 Å². The summed E-state index contributed by atoms with van der Waals surface area (Å²) in [7, 11) is 1.79. The molecule has 1 aromatic heterocycles. The Labute approximate surface area is 101 Å². The monoisotopic (exact) mass is 236 g/mol. The smallest absolute Gasteiger partial charge is 0.242 e. The van der Waals surface area contributed by atoms with Crippen LogP contribution in [0.25, 0.3) is 0 Å². The number of carbonyl (C=O) groups is 1. The number of aromatic nitrogens is 2. The van der Waals surface area contributed by atoms with Crippen LogP contribution in [0.4, 0.5) is 0 Å². The second kappa shape index (κ2) is 4.87. The number of aromatic amines is 1. The molecule has 1 saturated carbocycles. The fourth-order valence-electron chi connectivity index (χ4n) is 2.46. The van der Waals surface area contributed by atoms with Gasteiger partial charge in [-0.25, -0.2) is 4.98 Å². The van der Waals surface area contributed by atoms with Gasteiger partial charge in [0.15, 0.2) is 0 Å². The third-order valence-corrected chi connectivity index (χ3v) is 3.46. The van der Waals surface area contributed by atoms with E-state index in [1.807, 2.05) is 0 Å². The summed E-state index contributed by atoms with van der Waals surface area (Å²) >= 11 is 0. The first kappa shape index (κ1) is 12.1. The third kappa shape index (κ3) is 2.66. The molecule has 5 nitrogen and oxygen atoms in total. The molecule has 0 atom stereocenters. The normalized spacial score (nSPS) is 18.9. The molecule has 0 aliphatic heterocycles. The van der Waals surface area contributed by atoms with Crippen molar-refractivity contribution >= 4 is 5.91 Å². The Morgan fingerprint density at radius 2 is 2.24 bits per heavy atom. The maximum atomic E-state index is 12.3. The molecule has 2 rings (SSSR count). The lowest BCUT2D eigenvalue weighted by Crippen LogP contribution is -2.55. The molecule has 17 heavy (non-hydrogen) atoms. The zero-order valence-corrected chi connectivity index (χ0v) is 10.3. The van der Waals surface area contributed by atoms with Crippen molar-refractivity contribution in [3.05, 3.63) is 18.2 Å². The van der Waals surface area contributed by atoms with E-state index < -0.39 is 5.54 Å². The van der Waals surface area contributed by atoms with Crippen molar-refractivity contribution in [1.29, 1.82) is 0 Å². The number of nitrogens with zero attached hydrogens (tertiary/aromatic N) is 2. The van der Waals surface area contributed by atoms with Crippen molar-refractivity contribution in [3.8, 4) is 0 Å². The number of rotatable bonds is 3. The van der Waals surface area contributed by atoms with Gasteiger partial charge in [0.05, 0.1) is 12.1 Å². The van der Waals surface area contributed by atoms with Gasteiger partial charge in [0.2, 0.25) is 5.91 Å². The molecule has 94 valence electrons. The van der Waals surface area contributed by atoms with Crippen LogP contribution in [0.15, 0.2) is 12.4 Å². The van der Waals surface area contributed by atoms with Crippen LogP contribution >= 0.6 is 0 Å². The summed E-state index contributed by atoms with van der Waals surface area (Å²) in [4.78, 5) is 21.1. The van der Waals surface area contributed by atoms with E-state index in [-0.39, 0.29) is 5.91 Å². The molecule has 1 aromatic rings. The van der Waals surface area contributed by atoms with Gasteiger partial charge in [0.1, 0.15) is 5.82 Å². The number of H-pyrrole nitrogens is 1. The van der Waals surface area contributed by atoms with Crippen LogP contribution in [0.2, 0.25) is 0 Å². The Bertz CT molecular complexity index is 368. The lowest BCUT2D eigenvalue weighted by molar-refractivity contribution is -0.137. The van der Waals surface area contributed by atoms with Crippen molar-refractivity contribution in [2.75, 3.05) is 7.05 Å². The Hall–Kier alpha value is -1.36. The molecule has 1 fully saturated rings. The predicted molar refractivity (Wildman–Crippen MR) is 65.1 cm³/mol. The van der Waals surface area contributed by atoms with Gasteiger partial charge in [0, 0.05) is 19.4 Å². The summed E-state index contributed by atoms with van der Waals surface area (Å²) < 4.78 is 0. The van der Waals surface area contributed by atoms with E-state index in [0.717, 1.165) is 31.5 Å². The number of amides is 1. The quantitative estimate of drug-likeness (QED) is 0.823. The van der Waals surface area contributed by atoms with Gasteiger partial charge in [-0.1, -0.05) is 19.3 Å². The van der Waals surface area contributed by atoms with Crippen LogP contribution < -0.4 is 5.73 Å². The van der Waals surface area contributed by atoms with E-state index in [9.17, 15) is 4.79 Å². The molecule has 0 spiro atoms. The van der Waals surface area contributed by atoms with Crippen molar-refractivity contribution in [3.63, 3.8) is 0 Å². The average Bonchev–Trinajstić information content (AvgIpc) is 2.81. The number of carbonyl (C=O) groups excluding carboxylic acids is 1. The lowest BCUT2D eigenvalue weighted by Gasteiger charge is -2.35. The zero-order chi connectivity index (χ0) is 12.3.